The summed E-state index contributed by atoms with van der Waals surface area (Å²) < 4.78 is 15.0. The van der Waals surface area contributed by atoms with Crippen LogP contribution < -0.4 is 0 Å². The van der Waals surface area contributed by atoms with Gasteiger partial charge in [-0.3, -0.25) is 0 Å². The fraction of sp³-hybridized carbons (Fsp3) is 1.00. The van der Waals surface area contributed by atoms with E-state index in [0.717, 1.165) is 0 Å². The Hall–Kier alpha value is -0.400. The predicted molar refractivity (Wildman–Crippen MR) is 62.6 cm³/mol. The summed E-state index contributed by atoms with van der Waals surface area (Å²) in [4.78, 5) is 0. The number of hydrogen-bond acceptors (Lipinski definition) is 10. The third-order valence-electron chi connectivity index (χ3n) is 3.59. The van der Waals surface area contributed by atoms with Crippen molar-refractivity contribution in [3.05, 3.63) is 0 Å². The molecular weight excluding hydrogens is 292 g/mol. The molecule has 124 valence electrons. The largest absolute Gasteiger partial charge is 0.394 e. The molecule has 0 aromatic rings. The highest BCUT2D eigenvalue weighted by molar-refractivity contribution is 4.91. The summed E-state index contributed by atoms with van der Waals surface area (Å²) in [5.74, 6) is 0. The quantitative estimate of drug-likeness (QED) is 0.268. The molecule has 2 aliphatic heterocycles. The van der Waals surface area contributed by atoms with E-state index in [9.17, 15) is 30.6 Å². The van der Waals surface area contributed by atoms with E-state index >= 15 is 0 Å². The van der Waals surface area contributed by atoms with Gasteiger partial charge in [0.2, 0.25) is 0 Å². The summed E-state index contributed by atoms with van der Waals surface area (Å²) in [5, 5.41) is 66.8. The van der Waals surface area contributed by atoms with Gasteiger partial charge in [-0.25, -0.2) is 0 Å². The zero-order valence-corrected chi connectivity index (χ0v) is 11.0. The maximum Gasteiger partial charge on any atom is 0.186 e. The smallest absolute Gasteiger partial charge is 0.186 e. The Morgan fingerprint density at radius 1 is 0.905 bits per heavy atom. The fourth-order valence-corrected chi connectivity index (χ4v) is 2.28. The summed E-state index contributed by atoms with van der Waals surface area (Å²) in [5.41, 5.74) is 0. The lowest BCUT2D eigenvalue weighted by Crippen LogP contribution is -2.62. The van der Waals surface area contributed by atoms with Gasteiger partial charge in [-0.2, -0.15) is 0 Å². The lowest BCUT2D eigenvalue weighted by Gasteiger charge is -2.43. The summed E-state index contributed by atoms with van der Waals surface area (Å²) >= 11 is 0. The van der Waals surface area contributed by atoms with Gasteiger partial charge in [0.1, 0.15) is 42.7 Å². The van der Waals surface area contributed by atoms with E-state index in [2.05, 4.69) is 0 Å². The standard InChI is InChI=1S/C11H20O10/c12-1-4-6(15)9(8(17)10(18)20-4)21-11-7(16)5(14)3(13)2-19-11/h3-18H,1-2H2. The molecule has 2 heterocycles. The summed E-state index contributed by atoms with van der Waals surface area (Å²) in [7, 11) is 0. The van der Waals surface area contributed by atoms with Crippen LogP contribution in [0.15, 0.2) is 0 Å². The molecule has 0 aromatic heterocycles. The average molecular weight is 312 g/mol. The molecule has 2 aliphatic rings. The highest BCUT2D eigenvalue weighted by Gasteiger charge is 2.48. The van der Waals surface area contributed by atoms with Gasteiger partial charge in [0.25, 0.3) is 0 Å². The summed E-state index contributed by atoms with van der Waals surface area (Å²) in [6.07, 6.45) is -13.3. The Balaban J connectivity index is 2.05. The Morgan fingerprint density at radius 3 is 2.19 bits per heavy atom. The Bertz CT molecular complexity index is 341. The number of hydrogen-bond donors (Lipinski definition) is 7. The predicted octanol–water partition coefficient (Wildman–Crippen LogP) is -4.76. The van der Waals surface area contributed by atoms with Gasteiger partial charge in [0.05, 0.1) is 13.2 Å². The van der Waals surface area contributed by atoms with Crippen molar-refractivity contribution >= 4 is 0 Å². The molecule has 21 heavy (non-hydrogen) atoms. The van der Waals surface area contributed by atoms with Crippen molar-refractivity contribution in [3.8, 4) is 0 Å². The Kier molecular flexibility index (Phi) is 5.48. The topological polar surface area (TPSA) is 169 Å². The molecule has 0 spiro atoms. The molecule has 7 N–H and O–H groups in total. The van der Waals surface area contributed by atoms with Gasteiger partial charge >= 0.3 is 0 Å². The van der Waals surface area contributed by atoms with Gasteiger partial charge in [0, 0.05) is 0 Å². The van der Waals surface area contributed by atoms with Gasteiger partial charge in [-0.1, -0.05) is 0 Å². The summed E-state index contributed by atoms with van der Waals surface area (Å²) in [6, 6.07) is 0. The van der Waals surface area contributed by atoms with Crippen molar-refractivity contribution in [1.29, 1.82) is 0 Å². The first kappa shape index (κ1) is 17.0. The molecule has 0 saturated carbocycles. The van der Waals surface area contributed by atoms with Gasteiger partial charge in [-0.05, 0) is 0 Å². The third-order valence-corrected chi connectivity index (χ3v) is 3.59. The molecule has 2 saturated heterocycles. The molecule has 0 aromatic carbocycles. The normalized spacial score (nSPS) is 51.9. The minimum Gasteiger partial charge on any atom is -0.394 e. The van der Waals surface area contributed by atoms with Crippen LogP contribution in [0.3, 0.4) is 0 Å². The first-order chi connectivity index (χ1) is 9.86. The zero-order valence-electron chi connectivity index (χ0n) is 11.0. The van der Waals surface area contributed by atoms with E-state index in [0.29, 0.717) is 0 Å². The van der Waals surface area contributed by atoms with Gasteiger partial charge < -0.3 is 50.0 Å². The number of aliphatic hydroxyl groups is 7. The van der Waals surface area contributed by atoms with Crippen molar-refractivity contribution in [2.75, 3.05) is 13.2 Å². The fourth-order valence-electron chi connectivity index (χ4n) is 2.28. The Morgan fingerprint density at radius 2 is 1.57 bits per heavy atom. The maximum atomic E-state index is 9.92. The average Bonchev–Trinajstić information content (AvgIpc) is 2.47. The second-order valence-electron chi connectivity index (χ2n) is 5.08. The van der Waals surface area contributed by atoms with Crippen LogP contribution in [0.2, 0.25) is 0 Å². The second-order valence-corrected chi connectivity index (χ2v) is 5.08. The first-order valence-corrected chi connectivity index (χ1v) is 6.48. The number of rotatable bonds is 3. The van der Waals surface area contributed by atoms with Crippen molar-refractivity contribution in [1.82, 2.24) is 0 Å². The lowest BCUT2D eigenvalue weighted by molar-refractivity contribution is -0.343. The van der Waals surface area contributed by atoms with Crippen molar-refractivity contribution in [3.63, 3.8) is 0 Å². The van der Waals surface area contributed by atoms with Crippen molar-refractivity contribution in [2.24, 2.45) is 0 Å². The molecule has 2 fully saturated rings. The monoisotopic (exact) mass is 312 g/mol. The highest BCUT2D eigenvalue weighted by atomic mass is 16.7. The molecular formula is C11H20O10. The molecule has 0 aliphatic carbocycles. The Labute approximate surface area is 119 Å². The molecule has 0 radical (unpaired) electrons. The SMILES string of the molecule is OCC1OC(O)C(O)C(OC2OCC(O)C(O)C2O)C1O. The second kappa shape index (κ2) is 6.79. The van der Waals surface area contributed by atoms with E-state index in [4.69, 9.17) is 19.3 Å². The van der Waals surface area contributed by atoms with E-state index in [1.165, 1.54) is 0 Å². The van der Waals surface area contributed by atoms with E-state index < -0.39 is 61.9 Å². The van der Waals surface area contributed by atoms with Crippen LogP contribution in [0.25, 0.3) is 0 Å². The van der Waals surface area contributed by atoms with Crippen LogP contribution in [0.1, 0.15) is 0 Å². The van der Waals surface area contributed by atoms with Crippen LogP contribution in [-0.2, 0) is 14.2 Å². The molecule has 0 amide bonds. The molecule has 10 heteroatoms. The van der Waals surface area contributed by atoms with Crippen LogP contribution in [0.4, 0.5) is 0 Å². The van der Waals surface area contributed by atoms with Gasteiger partial charge in [-0.15, -0.1) is 0 Å². The minimum atomic E-state index is -1.70. The number of aliphatic hydroxyl groups excluding tert-OH is 7. The van der Waals surface area contributed by atoms with Crippen LogP contribution in [0.5, 0.6) is 0 Å². The lowest BCUT2D eigenvalue weighted by atomic mass is 9.98. The number of ether oxygens (including phenoxy) is 3. The maximum absolute atomic E-state index is 9.92. The highest BCUT2D eigenvalue weighted by Crippen LogP contribution is 2.26. The molecule has 0 bridgehead atoms. The minimum absolute atomic E-state index is 0.315. The van der Waals surface area contributed by atoms with E-state index in [1.807, 2.05) is 0 Å². The van der Waals surface area contributed by atoms with Crippen molar-refractivity contribution in [2.45, 2.75) is 55.3 Å². The first-order valence-electron chi connectivity index (χ1n) is 6.48. The molecule has 10 nitrogen and oxygen atoms in total. The van der Waals surface area contributed by atoms with Crippen LogP contribution in [0, 0.1) is 0 Å². The zero-order chi connectivity index (χ0) is 15.7. The third kappa shape index (κ3) is 3.35. The van der Waals surface area contributed by atoms with Crippen LogP contribution in [-0.4, -0.2) is 104 Å². The van der Waals surface area contributed by atoms with Gasteiger partial charge in [0.15, 0.2) is 12.6 Å². The molecule has 9 atom stereocenters. The molecule has 9 unspecified atom stereocenters. The van der Waals surface area contributed by atoms with E-state index in [-0.39, 0.29) is 6.61 Å². The summed E-state index contributed by atoms with van der Waals surface area (Å²) in [6.45, 7) is -0.940. The van der Waals surface area contributed by atoms with E-state index in [1.54, 1.807) is 0 Å². The van der Waals surface area contributed by atoms with Crippen LogP contribution >= 0.6 is 0 Å². The molecule has 2 rings (SSSR count). The van der Waals surface area contributed by atoms with Crippen molar-refractivity contribution < 1.29 is 50.0 Å².